The van der Waals surface area contributed by atoms with Crippen molar-refractivity contribution < 1.29 is 4.74 Å². The summed E-state index contributed by atoms with van der Waals surface area (Å²) in [5.41, 5.74) is 1.60. The molecule has 0 radical (unpaired) electrons. The summed E-state index contributed by atoms with van der Waals surface area (Å²) < 4.78 is 5.65. The van der Waals surface area contributed by atoms with E-state index in [0.29, 0.717) is 5.54 Å². The van der Waals surface area contributed by atoms with Crippen LogP contribution in [0.15, 0.2) is 30.3 Å². The minimum atomic E-state index is 0.344. The van der Waals surface area contributed by atoms with Crippen LogP contribution in [-0.2, 0) is 11.3 Å². The Hall–Kier alpha value is -0.860. The Balaban J connectivity index is 1.63. The van der Waals surface area contributed by atoms with Gasteiger partial charge in [-0.05, 0) is 31.9 Å². The molecule has 1 fully saturated rings. The van der Waals surface area contributed by atoms with Crippen molar-refractivity contribution in [2.45, 2.75) is 31.9 Å². The quantitative estimate of drug-likeness (QED) is 0.745. The largest absolute Gasteiger partial charge is 0.377 e. The van der Waals surface area contributed by atoms with Gasteiger partial charge in [0.1, 0.15) is 0 Å². The van der Waals surface area contributed by atoms with Gasteiger partial charge in [0, 0.05) is 12.1 Å². The molecule has 0 spiro atoms. The zero-order valence-electron chi connectivity index (χ0n) is 9.33. The molecule has 0 amide bonds. The maximum atomic E-state index is 5.65. The highest BCUT2D eigenvalue weighted by Gasteiger charge is 2.30. The van der Waals surface area contributed by atoms with Gasteiger partial charge in [0.05, 0.1) is 6.61 Å². The lowest BCUT2D eigenvalue weighted by molar-refractivity contribution is 0.0810. The predicted molar refractivity (Wildman–Crippen MR) is 61.7 cm³/mol. The van der Waals surface area contributed by atoms with Crippen molar-refractivity contribution in [2.24, 2.45) is 0 Å². The Bertz CT molecular complexity index is 293. The monoisotopic (exact) mass is 205 g/mol. The average molecular weight is 205 g/mol. The van der Waals surface area contributed by atoms with E-state index in [-0.39, 0.29) is 0 Å². The van der Waals surface area contributed by atoms with E-state index in [1.165, 1.54) is 12.0 Å². The normalized spacial score (nSPS) is 24.9. The van der Waals surface area contributed by atoms with Gasteiger partial charge in [0.2, 0.25) is 0 Å². The fraction of sp³-hybridized carbons (Fsp3) is 0.538. The van der Waals surface area contributed by atoms with Crippen molar-refractivity contribution in [3.05, 3.63) is 35.9 Å². The Morgan fingerprint density at radius 3 is 2.67 bits per heavy atom. The first kappa shape index (κ1) is 10.7. The molecule has 1 saturated heterocycles. The molecule has 1 aromatic carbocycles. The molecule has 2 nitrogen and oxygen atoms in total. The molecule has 0 aromatic heterocycles. The van der Waals surface area contributed by atoms with E-state index in [4.69, 9.17) is 4.74 Å². The lowest BCUT2D eigenvalue weighted by atomic mass is 9.87. The summed E-state index contributed by atoms with van der Waals surface area (Å²) in [6.07, 6.45) is 2.39. The van der Waals surface area contributed by atoms with Gasteiger partial charge >= 0.3 is 0 Å². The summed E-state index contributed by atoms with van der Waals surface area (Å²) >= 11 is 0. The molecule has 1 unspecified atom stereocenters. The molecule has 1 aliphatic heterocycles. The van der Waals surface area contributed by atoms with E-state index in [9.17, 15) is 0 Å². The Morgan fingerprint density at radius 2 is 2.07 bits per heavy atom. The number of rotatable bonds is 5. The zero-order valence-corrected chi connectivity index (χ0v) is 9.33. The van der Waals surface area contributed by atoms with E-state index >= 15 is 0 Å². The van der Waals surface area contributed by atoms with Crippen LogP contribution in [0, 0.1) is 0 Å². The van der Waals surface area contributed by atoms with Crippen molar-refractivity contribution in [1.82, 2.24) is 5.32 Å². The number of hydrogen-bond acceptors (Lipinski definition) is 2. The molecule has 2 heteroatoms. The molecule has 1 N–H and O–H groups in total. The van der Waals surface area contributed by atoms with Crippen LogP contribution in [0.25, 0.3) is 0 Å². The molecule has 1 aromatic rings. The van der Waals surface area contributed by atoms with E-state index < -0.39 is 0 Å². The molecule has 82 valence electrons. The molecule has 1 aliphatic rings. The van der Waals surface area contributed by atoms with E-state index in [0.717, 1.165) is 26.2 Å². The standard InChI is InChI=1S/C13H19NO/c1-13(7-9-14-13)8-10-15-11-12-5-3-2-4-6-12/h2-6,14H,7-11H2,1H3. The SMILES string of the molecule is CC1(CCOCc2ccccc2)CCN1. The van der Waals surface area contributed by atoms with E-state index in [2.05, 4.69) is 24.4 Å². The third-order valence-corrected chi connectivity index (χ3v) is 3.14. The number of nitrogens with one attached hydrogen (secondary N) is 1. The van der Waals surface area contributed by atoms with Crippen LogP contribution in [0.2, 0.25) is 0 Å². The van der Waals surface area contributed by atoms with Crippen LogP contribution < -0.4 is 5.32 Å². The van der Waals surface area contributed by atoms with Gasteiger partial charge in [-0.25, -0.2) is 0 Å². The summed E-state index contributed by atoms with van der Waals surface area (Å²) in [5.74, 6) is 0. The summed E-state index contributed by atoms with van der Waals surface area (Å²) in [4.78, 5) is 0. The lowest BCUT2D eigenvalue weighted by Crippen LogP contribution is -2.55. The van der Waals surface area contributed by atoms with Crippen LogP contribution in [0.1, 0.15) is 25.3 Å². The zero-order chi connectivity index (χ0) is 10.6. The smallest absolute Gasteiger partial charge is 0.0716 e. The van der Waals surface area contributed by atoms with Crippen LogP contribution >= 0.6 is 0 Å². The van der Waals surface area contributed by atoms with Crippen molar-refractivity contribution in [1.29, 1.82) is 0 Å². The highest BCUT2D eigenvalue weighted by atomic mass is 16.5. The number of benzene rings is 1. The number of ether oxygens (including phenoxy) is 1. The maximum Gasteiger partial charge on any atom is 0.0716 e. The molecule has 0 saturated carbocycles. The Kier molecular flexibility index (Phi) is 3.39. The Labute approximate surface area is 91.6 Å². The summed E-state index contributed by atoms with van der Waals surface area (Å²) in [6.45, 7) is 5.01. The minimum Gasteiger partial charge on any atom is -0.377 e. The second-order valence-corrected chi connectivity index (χ2v) is 4.53. The highest BCUT2D eigenvalue weighted by Crippen LogP contribution is 2.21. The molecular formula is C13H19NO. The van der Waals surface area contributed by atoms with Crippen molar-refractivity contribution in [3.8, 4) is 0 Å². The molecule has 1 heterocycles. The first-order valence-electron chi connectivity index (χ1n) is 5.65. The van der Waals surface area contributed by atoms with Gasteiger partial charge in [0.15, 0.2) is 0 Å². The summed E-state index contributed by atoms with van der Waals surface area (Å²) in [7, 11) is 0. The van der Waals surface area contributed by atoms with Gasteiger partial charge in [-0.15, -0.1) is 0 Å². The fourth-order valence-corrected chi connectivity index (χ4v) is 1.83. The van der Waals surface area contributed by atoms with Crippen LogP contribution in [-0.4, -0.2) is 18.7 Å². The molecule has 0 bridgehead atoms. The first-order valence-corrected chi connectivity index (χ1v) is 5.65. The van der Waals surface area contributed by atoms with Gasteiger partial charge in [0.25, 0.3) is 0 Å². The topological polar surface area (TPSA) is 21.3 Å². The third-order valence-electron chi connectivity index (χ3n) is 3.14. The van der Waals surface area contributed by atoms with Crippen molar-refractivity contribution in [2.75, 3.05) is 13.2 Å². The maximum absolute atomic E-state index is 5.65. The summed E-state index contributed by atoms with van der Waals surface area (Å²) in [5, 5.41) is 3.44. The van der Waals surface area contributed by atoms with Gasteiger partial charge < -0.3 is 10.1 Å². The molecule has 15 heavy (non-hydrogen) atoms. The van der Waals surface area contributed by atoms with E-state index in [1.54, 1.807) is 0 Å². The molecule has 0 aliphatic carbocycles. The van der Waals surface area contributed by atoms with Gasteiger partial charge in [-0.2, -0.15) is 0 Å². The molecular weight excluding hydrogens is 186 g/mol. The average Bonchev–Trinajstić information content (AvgIpc) is 2.23. The van der Waals surface area contributed by atoms with Crippen LogP contribution in [0.5, 0.6) is 0 Å². The Morgan fingerprint density at radius 1 is 1.33 bits per heavy atom. The number of hydrogen-bond donors (Lipinski definition) is 1. The predicted octanol–water partition coefficient (Wildman–Crippen LogP) is 2.35. The van der Waals surface area contributed by atoms with Gasteiger partial charge in [-0.3, -0.25) is 0 Å². The lowest BCUT2D eigenvalue weighted by Gasteiger charge is -2.40. The fourth-order valence-electron chi connectivity index (χ4n) is 1.83. The van der Waals surface area contributed by atoms with Crippen LogP contribution in [0.3, 0.4) is 0 Å². The highest BCUT2D eigenvalue weighted by molar-refractivity contribution is 5.13. The van der Waals surface area contributed by atoms with E-state index in [1.807, 2.05) is 18.2 Å². The van der Waals surface area contributed by atoms with Crippen LogP contribution in [0.4, 0.5) is 0 Å². The summed E-state index contributed by atoms with van der Waals surface area (Å²) in [6, 6.07) is 10.3. The first-order chi connectivity index (χ1) is 7.29. The van der Waals surface area contributed by atoms with Crippen molar-refractivity contribution >= 4 is 0 Å². The second kappa shape index (κ2) is 4.77. The molecule has 2 rings (SSSR count). The molecule has 1 atom stereocenters. The second-order valence-electron chi connectivity index (χ2n) is 4.53. The van der Waals surface area contributed by atoms with Gasteiger partial charge in [-0.1, -0.05) is 30.3 Å². The minimum absolute atomic E-state index is 0.344. The third kappa shape index (κ3) is 3.05. The van der Waals surface area contributed by atoms with Crippen molar-refractivity contribution in [3.63, 3.8) is 0 Å².